The van der Waals surface area contributed by atoms with E-state index in [1.165, 1.54) is 6.92 Å². The van der Waals surface area contributed by atoms with Gasteiger partial charge in [0, 0.05) is 12.5 Å². The number of rotatable bonds is 6. The van der Waals surface area contributed by atoms with Crippen LogP contribution in [0.1, 0.15) is 24.2 Å². The fraction of sp³-hybridized carbons (Fsp3) is 0.130. The van der Waals surface area contributed by atoms with Crippen molar-refractivity contribution in [1.82, 2.24) is 0 Å². The molecular formula is C23H20O5. The van der Waals surface area contributed by atoms with Gasteiger partial charge in [0.1, 0.15) is 12.4 Å². The molecule has 1 atom stereocenters. The van der Waals surface area contributed by atoms with Gasteiger partial charge in [-0.15, -0.1) is 0 Å². The zero-order valence-corrected chi connectivity index (χ0v) is 15.4. The van der Waals surface area contributed by atoms with E-state index in [9.17, 15) is 14.7 Å². The summed E-state index contributed by atoms with van der Waals surface area (Å²) >= 11 is 0. The van der Waals surface area contributed by atoms with Gasteiger partial charge in [-0.25, -0.2) is 4.79 Å². The Labute approximate surface area is 163 Å². The molecule has 0 aliphatic carbocycles. The van der Waals surface area contributed by atoms with Crippen molar-refractivity contribution < 1.29 is 24.2 Å². The second-order valence-corrected chi connectivity index (χ2v) is 6.21. The Morgan fingerprint density at radius 2 is 1.54 bits per heavy atom. The zero-order valence-electron chi connectivity index (χ0n) is 15.4. The van der Waals surface area contributed by atoms with Crippen LogP contribution in [0, 0.1) is 0 Å². The van der Waals surface area contributed by atoms with Gasteiger partial charge in [-0.1, -0.05) is 72.8 Å². The van der Waals surface area contributed by atoms with E-state index >= 15 is 0 Å². The monoisotopic (exact) mass is 376 g/mol. The van der Waals surface area contributed by atoms with Crippen LogP contribution in [0.3, 0.4) is 0 Å². The Hall–Kier alpha value is -3.44. The molecule has 3 aromatic carbocycles. The van der Waals surface area contributed by atoms with Crippen molar-refractivity contribution in [2.45, 2.75) is 19.6 Å². The number of benzene rings is 3. The van der Waals surface area contributed by atoms with Crippen LogP contribution in [0.15, 0.2) is 78.9 Å². The lowest BCUT2D eigenvalue weighted by atomic mass is 10.0. The van der Waals surface area contributed by atoms with Gasteiger partial charge in [0.15, 0.2) is 6.10 Å². The summed E-state index contributed by atoms with van der Waals surface area (Å²) in [5.41, 5.74) is 2.81. The van der Waals surface area contributed by atoms with Crippen LogP contribution in [-0.2, 0) is 20.9 Å². The van der Waals surface area contributed by atoms with E-state index in [-0.39, 0.29) is 6.61 Å². The number of carbonyl (C=O) groups is 2. The van der Waals surface area contributed by atoms with E-state index < -0.39 is 18.0 Å². The smallest absolute Gasteiger partial charge is 0.339 e. The lowest BCUT2D eigenvalue weighted by Gasteiger charge is -2.13. The molecule has 0 fully saturated rings. The number of esters is 2. The van der Waals surface area contributed by atoms with E-state index in [0.717, 1.165) is 16.7 Å². The minimum atomic E-state index is -1.37. The largest absolute Gasteiger partial charge is 0.459 e. The summed E-state index contributed by atoms with van der Waals surface area (Å²) in [6.07, 6.45) is -1.37. The zero-order chi connectivity index (χ0) is 19.9. The highest BCUT2D eigenvalue weighted by Gasteiger charge is 2.19. The van der Waals surface area contributed by atoms with Gasteiger partial charge < -0.3 is 14.6 Å². The summed E-state index contributed by atoms with van der Waals surface area (Å²) in [5, 5.41) is 10.3. The Kier molecular flexibility index (Phi) is 6.19. The first-order valence-electron chi connectivity index (χ1n) is 8.81. The Morgan fingerprint density at radius 3 is 2.21 bits per heavy atom. The average molecular weight is 376 g/mol. The van der Waals surface area contributed by atoms with Crippen molar-refractivity contribution in [2.24, 2.45) is 0 Å². The van der Waals surface area contributed by atoms with Crippen molar-refractivity contribution in [3.63, 3.8) is 0 Å². The van der Waals surface area contributed by atoms with Gasteiger partial charge in [0.05, 0.1) is 0 Å². The summed E-state index contributed by atoms with van der Waals surface area (Å²) in [7, 11) is 0. The number of para-hydroxylation sites is 1. The molecule has 0 aromatic heterocycles. The maximum Gasteiger partial charge on any atom is 0.339 e. The molecule has 28 heavy (non-hydrogen) atoms. The van der Waals surface area contributed by atoms with Crippen LogP contribution in [0.25, 0.3) is 11.1 Å². The lowest BCUT2D eigenvalue weighted by molar-refractivity contribution is -0.155. The maximum absolute atomic E-state index is 12.1. The van der Waals surface area contributed by atoms with Crippen molar-refractivity contribution in [2.75, 3.05) is 0 Å². The van der Waals surface area contributed by atoms with E-state index in [4.69, 9.17) is 9.47 Å². The molecule has 1 N–H and O–H groups in total. The number of aliphatic hydroxyl groups excluding tert-OH is 1. The standard InChI is InChI=1S/C23H20O5/c1-16(24)28-21-10-6-5-9-20(21)18-11-13-19(14-12-18)22(25)23(26)27-15-17-7-3-2-4-8-17/h2-14,22,25H,15H2,1H3. The molecule has 0 amide bonds. The van der Waals surface area contributed by atoms with Gasteiger partial charge in [0.25, 0.3) is 0 Å². The van der Waals surface area contributed by atoms with Gasteiger partial charge in [-0.3, -0.25) is 4.79 Å². The summed E-state index contributed by atoms with van der Waals surface area (Å²) < 4.78 is 10.4. The van der Waals surface area contributed by atoms with Crippen molar-refractivity contribution in [1.29, 1.82) is 0 Å². The van der Waals surface area contributed by atoms with E-state index in [1.54, 1.807) is 36.4 Å². The molecule has 5 nitrogen and oxygen atoms in total. The molecule has 142 valence electrons. The van der Waals surface area contributed by atoms with Crippen molar-refractivity contribution >= 4 is 11.9 Å². The number of ether oxygens (including phenoxy) is 2. The van der Waals surface area contributed by atoms with Crippen LogP contribution in [0.4, 0.5) is 0 Å². The van der Waals surface area contributed by atoms with Gasteiger partial charge >= 0.3 is 11.9 Å². The first kappa shape index (κ1) is 19.3. The molecule has 0 heterocycles. The Morgan fingerprint density at radius 1 is 0.893 bits per heavy atom. The second-order valence-electron chi connectivity index (χ2n) is 6.21. The van der Waals surface area contributed by atoms with Crippen LogP contribution in [-0.4, -0.2) is 17.0 Å². The third-order valence-corrected chi connectivity index (χ3v) is 4.13. The Bertz CT molecular complexity index is 948. The summed E-state index contributed by atoms with van der Waals surface area (Å²) in [5.74, 6) is -0.664. The normalized spacial score (nSPS) is 11.5. The average Bonchev–Trinajstić information content (AvgIpc) is 2.72. The van der Waals surface area contributed by atoms with E-state index in [0.29, 0.717) is 11.3 Å². The summed E-state index contributed by atoms with van der Waals surface area (Å²) in [6.45, 7) is 1.45. The first-order valence-corrected chi connectivity index (χ1v) is 8.81. The predicted octanol–water partition coefficient (Wildman–Crippen LogP) is 4.06. The molecule has 0 radical (unpaired) electrons. The topological polar surface area (TPSA) is 72.8 Å². The first-order chi connectivity index (χ1) is 13.5. The second kappa shape index (κ2) is 8.97. The molecule has 0 saturated carbocycles. The minimum absolute atomic E-state index is 0.102. The Balaban J connectivity index is 1.70. The molecule has 1 unspecified atom stereocenters. The van der Waals surface area contributed by atoms with Crippen LogP contribution in [0.2, 0.25) is 0 Å². The third-order valence-electron chi connectivity index (χ3n) is 4.13. The molecule has 3 rings (SSSR count). The van der Waals surface area contributed by atoms with Crippen molar-refractivity contribution in [3.8, 4) is 16.9 Å². The molecule has 0 spiro atoms. The highest BCUT2D eigenvalue weighted by Crippen LogP contribution is 2.31. The quantitative estimate of drug-likeness (QED) is 0.519. The van der Waals surface area contributed by atoms with Crippen molar-refractivity contribution in [3.05, 3.63) is 90.0 Å². The number of hydrogen-bond acceptors (Lipinski definition) is 5. The molecule has 0 bridgehead atoms. The SMILES string of the molecule is CC(=O)Oc1ccccc1-c1ccc(C(O)C(=O)OCc2ccccc2)cc1. The maximum atomic E-state index is 12.1. The van der Waals surface area contributed by atoms with Gasteiger partial charge in [0.2, 0.25) is 0 Å². The highest BCUT2D eigenvalue weighted by molar-refractivity contribution is 5.78. The number of hydrogen-bond donors (Lipinski definition) is 1. The van der Waals surface area contributed by atoms with Crippen LogP contribution in [0.5, 0.6) is 5.75 Å². The molecule has 0 saturated heterocycles. The minimum Gasteiger partial charge on any atom is -0.459 e. The van der Waals surface area contributed by atoms with Gasteiger partial charge in [-0.05, 0) is 22.8 Å². The third kappa shape index (κ3) is 4.84. The van der Waals surface area contributed by atoms with Crippen LogP contribution < -0.4 is 4.74 Å². The van der Waals surface area contributed by atoms with E-state index in [1.807, 2.05) is 42.5 Å². The summed E-state index contributed by atoms with van der Waals surface area (Å²) in [6, 6.07) is 23.2. The highest BCUT2D eigenvalue weighted by atomic mass is 16.5. The molecule has 0 aliphatic rings. The lowest BCUT2D eigenvalue weighted by Crippen LogP contribution is -2.15. The molecular weight excluding hydrogens is 356 g/mol. The fourth-order valence-corrected chi connectivity index (χ4v) is 2.74. The number of carbonyl (C=O) groups excluding carboxylic acids is 2. The molecule has 5 heteroatoms. The fourth-order valence-electron chi connectivity index (χ4n) is 2.74. The van der Waals surface area contributed by atoms with E-state index in [2.05, 4.69) is 0 Å². The number of aliphatic hydroxyl groups is 1. The summed E-state index contributed by atoms with van der Waals surface area (Å²) in [4.78, 5) is 23.4. The van der Waals surface area contributed by atoms with Crippen LogP contribution >= 0.6 is 0 Å². The molecule has 3 aromatic rings. The predicted molar refractivity (Wildman–Crippen MR) is 104 cm³/mol. The molecule has 0 aliphatic heterocycles. The van der Waals surface area contributed by atoms with Gasteiger partial charge in [-0.2, -0.15) is 0 Å².